The zero-order chi connectivity index (χ0) is 14.9. The summed E-state index contributed by atoms with van der Waals surface area (Å²) in [6.45, 7) is 10.7. The molecule has 6 nitrogen and oxygen atoms in total. The normalized spacial score (nSPS) is 15.9. The van der Waals surface area contributed by atoms with Gasteiger partial charge >= 0.3 is 0 Å². The molecule has 21 heavy (non-hydrogen) atoms. The van der Waals surface area contributed by atoms with Crippen molar-refractivity contribution in [3.63, 3.8) is 0 Å². The van der Waals surface area contributed by atoms with Crippen LogP contribution in [0.3, 0.4) is 0 Å². The Hall–Kier alpha value is -1.40. The third-order valence-electron chi connectivity index (χ3n) is 3.51. The van der Waals surface area contributed by atoms with E-state index < -0.39 is 0 Å². The molecule has 0 unspecified atom stereocenters. The van der Waals surface area contributed by atoms with E-state index in [1.165, 1.54) is 6.42 Å². The summed E-state index contributed by atoms with van der Waals surface area (Å²) in [5, 5.41) is 6.67. The second-order valence-corrected chi connectivity index (χ2v) is 5.38. The Labute approximate surface area is 127 Å². The molecule has 1 aromatic heterocycles. The maximum Gasteiger partial charge on any atom is 0.224 e. The van der Waals surface area contributed by atoms with E-state index in [-0.39, 0.29) is 0 Å². The lowest BCUT2D eigenvalue weighted by molar-refractivity contribution is 0.0398. The second kappa shape index (κ2) is 8.79. The van der Waals surface area contributed by atoms with E-state index in [9.17, 15) is 0 Å². The van der Waals surface area contributed by atoms with Gasteiger partial charge < -0.3 is 15.4 Å². The minimum atomic E-state index is 0.720. The lowest BCUT2D eigenvalue weighted by Crippen LogP contribution is -2.39. The van der Waals surface area contributed by atoms with Gasteiger partial charge in [0.05, 0.1) is 13.2 Å². The van der Waals surface area contributed by atoms with Crippen molar-refractivity contribution in [1.29, 1.82) is 0 Å². The molecule has 1 aliphatic rings. The van der Waals surface area contributed by atoms with Crippen LogP contribution in [0.25, 0.3) is 0 Å². The maximum atomic E-state index is 5.35. The number of aryl methyl sites for hydroxylation is 1. The summed E-state index contributed by atoms with van der Waals surface area (Å²) in [6.07, 6.45) is 2.31. The predicted molar refractivity (Wildman–Crippen MR) is 85.9 cm³/mol. The van der Waals surface area contributed by atoms with Crippen LogP contribution in [0.4, 0.5) is 11.8 Å². The van der Waals surface area contributed by atoms with Crippen molar-refractivity contribution in [3.8, 4) is 0 Å². The number of nitrogens with one attached hydrogen (secondary N) is 2. The molecular weight excluding hydrogens is 266 g/mol. The van der Waals surface area contributed by atoms with E-state index in [1.54, 1.807) is 0 Å². The summed E-state index contributed by atoms with van der Waals surface area (Å²) in [7, 11) is 0. The second-order valence-electron chi connectivity index (χ2n) is 5.38. The summed E-state index contributed by atoms with van der Waals surface area (Å²) in [5.74, 6) is 1.62. The number of unbranched alkanes of at least 4 members (excludes halogenated alkanes) is 1. The molecule has 118 valence electrons. The van der Waals surface area contributed by atoms with E-state index in [2.05, 4.69) is 32.4 Å². The minimum Gasteiger partial charge on any atom is -0.379 e. The van der Waals surface area contributed by atoms with Crippen molar-refractivity contribution in [2.24, 2.45) is 0 Å². The third-order valence-corrected chi connectivity index (χ3v) is 3.51. The van der Waals surface area contributed by atoms with Gasteiger partial charge in [-0.1, -0.05) is 13.3 Å². The fourth-order valence-electron chi connectivity index (χ4n) is 2.28. The molecule has 0 aromatic carbocycles. The van der Waals surface area contributed by atoms with Crippen molar-refractivity contribution >= 4 is 11.8 Å². The third kappa shape index (κ3) is 5.85. The lowest BCUT2D eigenvalue weighted by atomic mass is 10.3. The van der Waals surface area contributed by atoms with Gasteiger partial charge in [-0.25, -0.2) is 4.98 Å². The number of nitrogens with zero attached hydrogens (tertiary/aromatic N) is 3. The van der Waals surface area contributed by atoms with Gasteiger partial charge in [-0.15, -0.1) is 0 Å². The molecule has 2 rings (SSSR count). The van der Waals surface area contributed by atoms with Crippen LogP contribution in [0.2, 0.25) is 0 Å². The molecule has 1 aromatic rings. The summed E-state index contributed by atoms with van der Waals surface area (Å²) in [4.78, 5) is 11.3. The summed E-state index contributed by atoms with van der Waals surface area (Å²) < 4.78 is 5.35. The van der Waals surface area contributed by atoms with Gasteiger partial charge in [0.2, 0.25) is 5.95 Å². The molecule has 0 spiro atoms. The van der Waals surface area contributed by atoms with Crippen LogP contribution >= 0.6 is 0 Å². The van der Waals surface area contributed by atoms with Crippen LogP contribution in [0, 0.1) is 6.92 Å². The number of anilines is 2. The Balaban J connectivity index is 1.78. The SMILES string of the molecule is CCCCNc1nc(C)cc(NCCN2CCOCC2)n1. The first kappa shape index (κ1) is 16.0. The van der Waals surface area contributed by atoms with E-state index in [1.807, 2.05) is 13.0 Å². The first-order chi connectivity index (χ1) is 10.3. The monoisotopic (exact) mass is 293 g/mol. The highest BCUT2D eigenvalue weighted by molar-refractivity contribution is 5.42. The van der Waals surface area contributed by atoms with Gasteiger partial charge in [-0.05, 0) is 13.3 Å². The first-order valence-corrected chi connectivity index (χ1v) is 7.91. The van der Waals surface area contributed by atoms with Gasteiger partial charge in [0.1, 0.15) is 5.82 Å². The highest BCUT2D eigenvalue weighted by atomic mass is 16.5. The van der Waals surface area contributed by atoms with E-state index in [0.29, 0.717) is 0 Å². The minimum absolute atomic E-state index is 0.720. The van der Waals surface area contributed by atoms with Gasteiger partial charge in [0.25, 0.3) is 0 Å². The predicted octanol–water partition coefficient (Wildman–Crippen LogP) is 1.74. The summed E-state index contributed by atoms with van der Waals surface area (Å²) in [6, 6.07) is 1.99. The van der Waals surface area contributed by atoms with E-state index in [0.717, 1.165) is 69.8 Å². The van der Waals surface area contributed by atoms with Crippen molar-refractivity contribution < 1.29 is 4.74 Å². The number of aromatic nitrogens is 2. The number of hydrogen-bond donors (Lipinski definition) is 2. The van der Waals surface area contributed by atoms with E-state index in [4.69, 9.17) is 4.74 Å². The van der Waals surface area contributed by atoms with Crippen molar-refractivity contribution in [2.75, 3.05) is 56.6 Å². The number of morpholine rings is 1. The van der Waals surface area contributed by atoms with E-state index >= 15 is 0 Å². The largest absolute Gasteiger partial charge is 0.379 e. The number of hydrogen-bond acceptors (Lipinski definition) is 6. The topological polar surface area (TPSA) is 62.3 Å². The van der Waals surface area contributed by atoms with Gasteiger partial charge in [-0.2, -0.15) is 4.98 Å². The fourth-order valence-corrected chi connectivity index (χ4v) is 2.28. The summed E-state index contributed by atoms with van der Waals surface area (Å²) in [5.41, 5.74) is 0.984. The highest BCUT2D eigenvalue weighted by Crippen LogP contribution is 2.09. The Kier molecular flexibility index (Phi) is 6.69. The smallest absolute Gasteiger partial charge is 0.224 e. The van der Waals surface area contributed by atoms with Crippen LogP contribution in [0.15, 0.2) is 6.07 Å². The molecule has 0 saturated carbocycles. The Bertz CT molecular complexity index is 421. The average Bonchev–Trinajstić information content (AvgIpc) is 2.48. The zero-order valence-corrected chi connectivity index (χ0v) is 13.2. The van der Waals surface area contributed by atoms with Crippen LogP contribution in [0.1, 0.15) is 25.5 Å². The molecule has 1 saturated heterocycles. The molecule has 2 N–H and O–H groups in total. The van der Waals surface area contributed by atoms with Crippen LogP contribution < -0.4 is 10.6 Å². The molecule has 6 heteroatoms. The van der Waals surface area contributed by atoms with Crippen LogP contribution in [-0.4, -0.2) is 60.8 Å². The van der Waals surface area contributed by atoms with Crippen molar-refractivity contribution in [3.05, 3.63) is 11.8 Å². The standard InChI is InChI=1S/C15H27N5O/c1-3-4-5-17-15-18-13(2)12-14(19-15)16-6-7-20-8-10-21-11-9-20/h12H,3-11H2,1-2H3,(H2,16,17,18,19). The van der Waals surface area contributed by atoms with Crippen molar-refractivity contribution in [2.45, 2.75) is 26.7 Å². The van der Waals surface area contributed by atoms with Crippen LogP contribution in [-0.2, 0) is 4.74 Å². The van der Waals surface area contributed by atoms with Crippen molar-refractivity contribution in [1.82, 2.24) is 14.9 Å². The highest BCUT2D eigenvalue weighted by Gasteiger charge is 2.09. The Morgan fingerprint density at radius 3 is 2.76 bits per heavy atom. The Morgan fingerprint density at radius 2 is 2.00 bits per heavy atom. The molecule has 1 fully saturated rings. The number of ether oxygens (including phenoxy) is 1. The van der Waals surface area contributed by atoms with Gasteiger partial charge in [0, 0.05) is 44.5 Å². The molecule has 0 atom stereocenters. The molecule has 2 heterocycles. The maximum absolute atomic E-state index is 5.35. The van der Waals surface area contributed by atoms with Crippen LogP contribution in [0.5, 0.6) is 0 Å². The zero-order valence-electron chi connectivity index (χ0n) is 13.2. The quantitative estimate of drug-likeness (QED) is 0.712. The molecule has 1 aliphatic heterocycles. The molecular formula is C15H27N5O. The van der Waals surface area contributed by atoms with Gasteiger partial charge in [-0.3, -0.25) is 4.90 Å². The number of rotatable bonds is 8. The molecule has 0 amide bonds. The fraction of sp³-hybridized carbons (Fsp3) is 0.733. The lowest BCUT2D eigenvalue weighted by Gasteiger charge is -2.26. The Morgan fingerprint density at radius 1 is 1.19 bits per heavy atom. The van der Waals surface area contributed by atoms with Gasteiger partial charge in [0.15, 0.2) is 0 Å². The molecule has 0 aliphatic carbocycles. The summed E-state index contributed by atoms with van der Waals surface area (Å²) >= 11 is 0. The molecule has 0 radical (unpaired) electrons. The molecule has 0 bridgehead atoms. The average molecular weight is 293 g/mol. The first-order valence-electron chi connectivity index (χ1n) is 7.91.